The molecule has 1 rings (SSSR count). The molecule has 1 heterocycles. The monoisotopic (exact) mass is 211 g/mol. The summed E-state index contributed by atoms with van der Waals surface area (Å²) in [5.74, 6) is -0.918. The van der Waals surface area contributed by atoms with Crippen molar-refractivity contribution in [2.75, 3.05) is 0 Å². The van der Waals surface area contributed by atoms with Gasteiger partial charge in [0.15, 0.2) is 0 Å². The summed E-state index contributed by atoms with van der Waals surface area (Å²) < 4.78 is 0. The van der Waals surface area contributed by atoms with Gasteiger partial charge in [0.05, 0.1) is 0 Å². The van der Waals surface area contributed by atoms with Crippen LogP contribution in [0.2, 0.25) is 0 Å². The highest BCUT2D eigenvalue weighted by atomic mass is 16.4. The maximum absolute atomic E-state index is 11.0. The van der Waals surface area contributed by atoms with E-state index in [1.807, 2.05) is 4.90 Å². The van der Waals surface area contributed by atoms with Crippen LogP contribution in [0.1, 0.15) is 47.0 Å². The molecule has 0 atom stereocenters. The SMILES string of the molecule is C=C(C(=O)O)N1C(C)(C)CCCC1(C)C. The lowest BCUT2D eigenvalue weighted by Crippen LogP contribution is -2.58. The fourth-order valence-electron chi connectivity index (χ4n) is 2.82. The number of carbonyl (C=O) groups is 1. The summed E-state index contributed by atoms with van der Waals surface area (Å²) in [6.07, 6.45) is 3.18. The average Bonchev–Trinajstić information content (AvgIpc) is 1.99. The zero-order valence-corrected chi connectivity index (χ0v) is 10.1. The van der Waals surface area contributed by atoms with Crippen molar-refractivity contribution >= 4 is 5.97 Å². The Kier molecular flexibility index (Phi) is 2.85. The van der Waals surface area contributed by atoms with Gasteiger partial charge >= 0.3 is 5.97 Å². The number of nitrogens with zero attached hydrogens (tertiary/aromatic N) is 1. The molecule has 3 heteroatoms. The Morgan fingerprint density at radius 3 is 1.93 bits per heavy atom. The van der Waals surface area contributed by atoms with E-state index < -0.39 is 5.97 Å². The van der Waals surface area contributed by atoms with Crippen LogP contribution < -0.4 is 0 Å². The molecular weight excluding hydrogens is 190 g/mol. The van der Waals surface area contributed by atoms with Gasteiger partial charge in [0.2, 0.25) is 0 Å². The van der Waals surface area contributed by atoms with Gasteiger partial charge in [-0.1, -0.05) is 6.58 Å². The summed E-state index contributed by atoms with van der Waals surface area (Å²) in [6, 6.07) is 0. The van der Waals surface area contributed by atoms with Gasteiger partial charge in [-0.15, -0.1) is 0 Å². The molecule has 0 spiro atoms. The largest absolute Gasteiger partial charge is 0.477 e. The summed E-state index contributed by atoms with van der Waals surface area (Å²) in [4.78, 5) is 13.0. The van der Waals surface area contributed by atoms with Crippen molar-refractivity contribution in [3.63, 3.8) is 0 Å². The Balaban J connectivity index is 3.07. The normalized spacial score (nSPS) is 23.6. The summed E-state index contributed by atoms with van der Waals surface area (Å²) in [6.45, 7) is 12.0. The molecule has 1 N–H and O–H groups in total. The molecule has 0 amide bonds. The van der Waals surface area contributed by atoms with Crippen molar-refractivity contribution in [1.29, 1.82) is 0 Å². The van der Waals surface area contributed by atoms with Crippen LogP contribution in [-0.2, 0) is 4.79 Å². The molecule has 0 aromatic rings. The lowest BCUT2D eigenvalue weighted by atomic mass is 9.79. The molecule has 0 aromatic heterocycles. The molecule has 1 aliphatic rings. The van der Waals surface area contributed by atoms with Gasteiger partial charge in [0, 0.05) is 11.1 Å². The third kappa shape index (κ3) is 2.16. The predicted octanol–water partition coefficient (Wildman–Crippen LogP) is 2.63. The van der Waals surface area contributed by atoms with E-state index in [4.69, 9.17) is 5.11 Å². The standard InChI is InChI=1S/C12H21NO2/c1-9(10(14)15)13-11(2,3)7-6-8-12(13,4)5/h1,6-8H2,2-5H3,(H,14,15). The topological polar surface area (TPSA) is 40.5 Å². The highest BCUT2D eigenvalue weighted by Gasteiger charge is 2.43. The molecule has 3 nitrogen and oxygen atoms in total. The van der Waals surface area contributed by atoms with E-state index in [-0.39, 0.29) is 16.8 Å². The second kappa shape index (κ2) is 3.54. The summed E-state index contributed by atoms with van der Waals surface area (Å²) in [5, 5.41) is 9.06. The molecule has 0 bridgehead atoms. The first-order valence-electron chi connectivity index (χ1n) is 5.41. The number of hydrogen-bond acceptors (Lipinski definition) is 2. The molecule has 15 heavy (non-hydrogen) atoms. The summed E-state index contributed by atoms with van der Waals surface area (Å²) in [7, 11) is 0. The van der Waals surface area contributed by atoms with Crippen LogP contribution in [0.4, 0.5) is 0 Å². The van der Waals surface area contributed by atoms with Crippen LogP contribution in [0.25, 0.3) is 0 Å². The Morgan fingerprint density at radius 1 is 1.20 bits per heavy atom. The average molecular weight is 211 g/mol. The summed E-state index contributed by atoms with van der Waals surface area (Å²) >= 11 is 0. The molecule has 0 unspecified atom stereocenters. The van der Waals surface area contributed by atoms with Crippen molar-refractivity contribution in [2.45, 2.75) is 58.0 Å². The maximum Gasteiger partial charge on any atom is 0.351 e. The van der Waals surface area contributed by atoms with Gasteiger partial charge in [-0.05, 0) is 47.0 Å². The third-order valence-corrected chi connectivity index (χ3v) is 3.30. The highest BCUT2D eigenvalue weighted by Crippen LogP contribution is 2.40. The van der Waals surface area contributed by atoms with Crippen LogP contribution in [-0.4, -0.2) is 27.1 Å². The Hall–Kier alpha value is -0.990. The van der Waals surface area contributed by atoms with Crippen molar-refractivity contribution in [2.24, 2.45) is 0 Å². The second-order valence-electron chi connectivity index (χ2n) is 5.57. The van der Waals surface area contributed by atoms with E-state index in [1.165, 1.54) is 0 Å². The van der Waals surface area contributed by atoms with Gasteiger partial charge in [-0.2, -0.15) is 0 Å². The predicted molar refractivity (Wildman–Crippen MR) is 60.6 cm³/mol. The quantitative estimate of drug-likeness (QED) is 0.714. The van der Waals surface area contributed by atoms with Gasteiger partial charge in [-0.25, -0.2) is 4.79 Å². The van der Waals surface area contributed by atoms with Crippen molar-refractivity contribution in [3.05, 3.63) is 12.3 Å². The maximum atomic E-state index is 11.0. The van der Waals surface area contributed by atoms with E-state index in [0.717, 1.165) is 19.3 Å². The number of piperidine rings is 1. The fraction of sp³-hybridized carbons (Fsp3) is 0.750. The van der Waals surface area contributed by atoms with Crippen LogP contribution in [0.3, 0.4) is 0 Å². The Morgan fingerprint density at radius 2 is 1.60 bits per heavy atom. The molecule has 0 aromatic carbocycles. The molecule has 0 aliphatic carbocycles. The smallest absolute Gasteiger partial charge is 0.351 e. The van der Waals surface area contributed by atoms with Gasteiger partial charge in [-0.3, -0.25) is 0 Å². The van der Waals surface area contributed by atoms with Gasteiger partial charge in [0.1, 0.15) is 5.70 Å². The molecular formula is C12H21NO2. The van der Waals surface area contributed by atoms with Crippen LogP contribution in [0, 0.1) is 0 Å². The molecule has 86 valence electrons. The molecule has 1 saturated heterocycles. The van der Waals surface area contributed by atoms with Crippen molar-refractivity contribution in [1.82, 2.24) is 4.90 Å². The fourth-order valence-corrected chi connectivity index (χ4v) is 2.82. The van der Waals surface area contributed by atoms with Crippen LogP contribution in [0.15, 0.2) is 12.3 Å². The van der Waals surface area contributed by atoms with Crippen LogP contribution in [0.5, 0.6) is 0 Å². The third-order valence-electron chi connectivity index (χ3n) is 3.30. The lowest BCUT2D eigenvalue weighted by molar-refractivity contribution is -0.137. The first-order chi connectivity index (χ1) is 6.68. The number of likely N-dealkylation sites (tertiary alicyclic amines) is 1. The minimum Gasteiger partial charge on any atom is -0.477 e. The zero-order valence-electron chi connectivity index (χ0n) is 10.1. The van der Waals surface area contributed by atoms with Gasteiger partial charge in [0.25, 0.3) is 0 Å². The minimum absolute atomic E-state index is 0.114. The van der Waals surface area contributed by atoms with E-state index in [2.05, 4.69) is 34.3 Å². The number of carboxylic acids is 1. The highest BCUT2D eigenvalue weighted by molar-refractivity contribution is 5.85. The first-order valence-corrected chi connectivity index (χ1v) is 5.41. The van der Waals surface area contributed by atoms with E-state index in [0.29, 0.717) is 0 Å². The van der Waals surface area contributed by atoms with E-state index in [9.17, 15) is 4.79 Å². The molecule has 1 aliphatic heterocycles. The number of aliphatic carboxylic acids is 1. The lowest BCUT2D eigenvalue weighted by Gasteiger charge is -2.54. The number of carboxylic acid groups (broad SMARTS) is 1. The molecule has 0 radical (unpaired) electrons. The van der Waals surface area contributed by atoms with Gasteiger partial charge < -0.3 is 10.0 Å². The van der Waals surface area contributed by atoms with Crippen molar-refractivity contribution in [3.8, 4) is 0 Å². The summed E-state index contributed by atoms with van der Waals surface area (Å²) in [5.41, 5.74) is -0.0150. The van der Waals surface area contributed by atoms with Crippen molar-refractivity contribution < 1.29 is 9.90 Å². The molecule has 0 saturated carbocycles. The zero-order chi connectivity index (χ0) is 11.9. The first kappa shape index (κ1) is 12.1. The second-order valence-corrected chi connectivity index (χ2v) is 5.57. The van der Waals surface area contributed by atoms with Crippen LogP contribution >= 0.6 is 0 Å². The van der Waals surface area contributed by atoms with E-state index >= 15 is 0 Å². The van der Waals surface area contributed by atoms with E-state index in [1.54, 1.807) is 0 Å². The molecule has 1 fully saturated rings. The number of hydrogen-bond donors (Lipinski definition) is 1. The Bertz CT molecular complexity index is 276. The minimum atomic E-state index is -0.918. The Labute approximate surface area is 91.8 Å². The number of rotatable bonds is 2.